The van der Waals surface area contributed by atoms with Gasteiger partial charge in [0.2, 0.25) is 11.8 Å². The third-order valence-electron chi connectivity index (χ3n) is 12.2. The minimum absolute atomic E-state index is 0.219. The smallest absolute Gasteiger partial charge is 0.237 e. The van der Waals surface area contributed by atoms with Crippen LogP contribution in [0.1, 0.15) is 113 Å². The molecule has 2 heterocycles. The van der Waals surface area contributed by atoms with Crippen LogP contribution in [0.3, 0.4) is 0 Å². The lowest BCUT2D eigenvalue weighted by Gasteiger charge is -2.36. The highest BCUT2D eigenvalue weighted by atomic mass is 35.5. The fraction of sp³-hybridized carbons (Fsp3) is 0.650. The zero-order chi connectivity index (χ0) is 37.1. The van der Waals surface area contributed by atoms with Crippen LogP contribution in [0.2, 0.25) is 10.0 Å². The second-order valence-corrected chi connectivity index (χ2v) is 16.1. The lowest BCUT2D eigenvalue weighted by molar-refractivity contribution is -0.129. The topological polar surface area (TPSA) is 129 Å². The average Bonchev–Trinajstić information content (AvgIpc) is 3.15. The van der Waals surface area contributed by atoms with Crippen molar-refractivity contribution in [2.45, 2.75) is 113 Å². The summed E-state index contributed by atoms with van der Waals surface area (Å²) in [4.78, 5) is 23.8. The maximum absolute atomic E-state index is 13.5. The van der Waals surface area contributed by atoms with E-state index in [1.165, 1.54) is 12.1 Å². The minimum Gasteiger partial charge on any atom is -0.381 e. The fourth-order valence-electron chi connectivity index (χ4n) is 8.67. The summed E-state index contributed by atoms with van der Waals surface area (Å²) in [5, 5.41) is 8.16. The van der Waals surface area contributed by atoms with Gasteiger partial charge in [-0.15, -0.1) is 0 Å². The van der Waals surface area contributed by atoms with E-state index in [1.807, 2.05) is 0 Å². The molecule has 0 atom stereocenters. The number of benzene rings is 2. The monoisotopic (exact) mass is 764 g/mol. The van der Waals surface area contributed by atoms with Crippen molar-refractivity contribution in [3.63, 3.8) is 0 Å². The summed E-state index contributed by atoms with van der Waals surface area (Å²) in [6.45, 7) is 3.90. The summed E-state index contributed by atoms with van der Waals surface area (Å²) < 4.78 is 37.7. The number of nitrogens with two attached hydrogens (primary N) is 2. The molecule has 52 heavy (non-hydrogen) atoms. The van der Waals surface area contributed by atoms with Crippen LogP contribution in [0.5, 0.6) is 0 Å². The SMILES string of the molecule is NC(=O)C1(NCCC2CCC(c3cc(F)ccc3Cl)CC2)CCOCC1.NC(=O)C1(NCCC2CCC(c3cc(F)ccc3Cl)CC2)CCOCC1. The highest BCUT2D eigenvalue weighted by Crippen LogP contribution is 2.41. The Bertz CT molecular complexity index is 1360. The largest absolute Gasteiger partial charge is 0.381 e. The van der Waals surface area contributed by atoms with E-state index >= 15 is 0 Å². The number of hydrogen-bond acceptors (Lipinski definition) is 6. The van der Waals surface area contributed by atoms with Crippen molar-refractivity contribution in [2.24, 2.45) is 23.3 Å². The van der Waals surface area contributed by atoms with Gasteiger partial charge < -0.3 is 31.6 Å². The summed E-state index contributed by atoms with van der Waals surface area (Å²) in [5.74, 6) is 0.944. The van der Waals surface area contributed by atoms with Gasteiger partial charge in [0, 0.05) is 36.5 Å². The first-order chi connectivity index (χ1) is 25.0. The first kappa shape index (κ1) is 40.8. The van der Waals surface area contributed by atoms with Crippen molar-refractivity contribution >= 4 is 35.0 Å². The van der Waals surface area contributed by atoms with Gasteiger partial charge >= 0.3 is 0 Å². The second kappa shape index (κ2) is 19.3. The Morgan fingerprint density at radius 2 is 0.981 bits per heavy atom. The van der Waals surface area contributed by atoms with Crippen LogP contribution in [0.4, 0.5) is 8.78 Å². The van der Waals surface area contributed by atoms with Crippen LogP contribution in [-0.2, 0) is 19.1 Å². The molecular weight excluding hydrogens is 709 g/mol. The minimum atomic E-state index is -0.607. The van der Waals surface area contributed by atoms with Gasteiger partial charge in [-0.2, -0.15) is 0 Å². The molecule has 288 valence electrons. The van der Waals surface area contributed by atoms with Crippen molar-refractivity contribution < 1.29 is 27.8 Å². The molecule has 0 bridgehead atoms. The molecule has 2 aliphatic heterocycles. The van der Waals surface area contributed by atoms with Crippen LogP contribution in [0, 0.1) is 23.5 Å². The lowest BCUT2D eigenvalue weighted by Crippen LogP contribution is -2.58. The van der Waals surface area contributed by atoms with E-state index in [4.69, 9.17) is 44.1 Å². The molecule has 4 fully saturated rings. The summed E-state index contributed by atoms with van der Waals surface area (Å²) in [6.07, 6.45) is 13.2. The Morgan fingerprint density at radius 3 is 1.31 bits per heavy atom. The zero-order valence-corrected chi connectivity index (χ0v) is 31.7. The third-order valence-corrected chi connectivity index (χ3v) is 12.8. The average molecular weight is 766 g/mol. The molecule has 6 N–H and O–H groups in total. The maximum Gasteiger partial charge on any atom is 0.237 e. The van der Waals surface area contributed by atoms with Crippen LogP contribution in [0.15, 0.2) is 36.4 Å². The number of amides is 2. The maximum atomic E-state index is 13.5. The van der Waals surface area contributed by atoms with E-state index in [0.29, 0.717) is 85.8 Å². The van der Waals surface area contributed by atoms with Crippen molar-refractivity contribution in [1.29, 1.82) is 0 Å². The number of carbonyl (C=O) groups excluding carboxylic acids is 2. The highest BCUT2D eigenvalue weighted by molar-refractivity contribution is 6.31. The lowest BCUT2D eigenvalue weighted by atomic mass is 9.77. The normalized spacial score (nSPS) is 25.8. The van der Waals surface area contributed by atoms with E-state index in [9.17, 15) is 18.4 Å². The predicted molar refractivity (Wildman–Crippen MR) is 201 cm³/mol. The zero-order valence-electron chi connectivity index (χ0n) is 30.2. The number of rotatable bonds is 12. The Labute approximate surface area is 317 Å². The molecule has 0 aromatic heterocycles. The van der Waals surface area contributed by atoms with E-state index < -0.39 is 11.1 Å². The number of primary amides is 2. The third kappa shape index (κ3) is 10.9. The first-order valence-electron chi connectivity index (χ1n) is 19.2. The van der Waals surface area contributed by atoms with E-state index in [1.54, 1.807) is 24.3 Å². The molecule has 2 aromatic carbocycles. The van der Waals surface area contributed by atoms with E-state index in [2.05, 4.69) is 10.6 Å². The van der Waals surface area contributed by atoms with Gasteiger partial charge in [0.1, 0.15) is 22.7 Å². The molecule has 0 spiro atoms. The van der Waals surface area contributed by atoms with Crippen LogP contribution in [-0.4, -0.2) is 62.4 Å². The Hall–Kier alpha value is -2.34. The van der Waals surface area contributed by atoms with Gasteiger partial charge in [-0.25, -0.2) is 8.78 Å². The number of ether oxygens (including phenoxy) is 2. The molecule has 4 aliphatic rings. The molecule has 8 nitrogen and oxygen atoms in total. The van der Waals surface area contributed by atoms with Gasteiger partial charge in [0.05, 0.1) is 0 Å². The molecule has 2 saturated carbocycles. The highest BCUT2D eigenvalue weighted by Gasteiger charge is 2.39. The van der Waals surface area contributed by atoms with Gasteiger partial charge in [0.25, 0.3) is 0 Å². The quantitative estimate of drug-likeness (QED) is 0.177. The van der Waals surface area contributed by atoms with Gasteiger partial charge in [-0.1, -0.05) is 23.2 Å². The van der Waals surface area contributed by atoms with Crippen molar-refractivity contribution in [2.75, 3.05) is 39.5 Å². The van der Waals surface area contributed by atoms with Crippen LogP contribution >= 0.6 is 23.2 Å². The number of carbonyl (C=O) groups is 2. The van der Waals surface area contributed by atoms with E-state index in [-0.39, 0.29) is 23.4 Å². The first-order valence-corrected chi connectivity index (χ1v) is 19.9. The predicted octanol–water partition coefficient (Wildman–Crippen LogP) is 7.53. The molecule has 12 heteroatoms. The van der Waals surface area contributed by atoms with Crippen LogP contribution in [0.25, 0.3) is 0 Å². The molecule has 2 aliphatic carbocycles. The molecule has 0 radical (unpaired) electrons. The van der Waals surface area contributed by atoms with Crippen LogP contribution < -0.4 is 22.1 Å². The van der Waals surface area contributed by atoms with Crippen molar-refractivity contribution in [1.82, 2.24) is 10.6 Å². The number of hydrogen-bond donors (Lipinski definition) is 4. The summed E-state index contributed by atoms with van der Waals surface area (Å²) >= 11 is 12.5. The second-order valence-electron chi connectivity index (χ2n) is 15.3. The Morgan fingerprint density at radius 1 is 0.635 bits per heavy atom. The summed E-state index contributed by atoms with van der Waals surface area (Å²) in [7, 11) is 0. The molecular formula is C40H56Cl2F2N4O4. The molecule has 2 aromatic rings. The standard InChI is InChI=1S/2C20H28ClFN2O2/c2*21-18-6-5-16(22)13-17(18)15-3-1-14(2-4-15)7-10-24-20(19(23)25)8-11-26-12-9-20/h2*5-6,13-15,24H,1-4,7-12H2,(H2,23,25). The van der Waals surface area contributed by atoms with Crippen molar-refractivity contribution in [3.05, 3.63) is 69.2 Å². The molecule has 2 amide bonds. The van der Waals surface area contributed by atoms with Gasteiger partial charge in [-0.05, 0) is 174 Å². The molecule has 2 saturated heterocycles. The summed E-state index contributed by atoms with van der Waals surface area (Å²) in [5.41, 5.74) is 11.9. The summed E-state index contributed by atoms with van der Waals surface area (Å²) in [6, 6.07) is 9.29. The van der Waals surface area contributed by atoms with Gasteiger partial charge in [0.15, 0.2) is 0 Å². The number of nitrogens with one attached hydrogen (secondary N) is 2. The van der Waals surface area contributed by atoms with Crippen molar-refractivity contribution in [3.8, 4) is 0 Å². The molecule has 6 rings (SSSR count). The Balaban J connectivity index is 0.000000201. The molecule has 0 unspecified atom stereocenters. The Kier molecular flexibility index (Phi) is 15.2. The number of halogens is 4. The fourth-order valence-corrected chi connectivity index (χ4v) is 9.21. The van der Waals surface area contributed by atoms with Gasteiger partial charge in [-0.3, -0.25) is 9.59 Å². The van der Waals surface area contributed by atoms with E-state index in [0.717, 1.165) is 88.4 Å².